The Bertz CT molecular complexity index is 1710. The third-order valence-corrected chi connectivity index (χ3v) is 7.13. The molecule has 7 nitrogen and oxygen atoms in total. The number of hydrogen-bond donors (Lipinski definition) is 2. The summed E-state index contributed by atoms with van der Waals surface area (Å²) in [5.74, 6) is 0.394. The van der Waals surface area contributed by atoms with Gasteiger partial charge < -0.3 is 10.3 Å². The summed E-state index contributed by atoms with van der Waals surface area (Å²) < 4.78 is 45.6. The van der Waals surface area contributed by atoms with E-state index in [1.54, 1.807) is 29.1 Å². The van der Waals surface area contributed by atoms with Crippen molar-refractivity contribution < 1.29 is 14.6 Å². The van der Waals surface area contributed by atoms with E-state index in [2.05, 4.69) is 15.4 Å². The van der Waals surface area contributed by atoms with Crippen LogP contribution in [0.15, 0.2) is 84.2 Å². The number of pyridine rings is 2. The lowest BCUT2D eigenvalue weighted by Gasteiger charge is -2.22. The fourth-order valence-electron chi connectivity index (χ4n) is 4.97. The monoisotopic (exact) mass is 548 g/mol. The van der Waals surface area contributed by atoms with Crippen molar-refractivity contribution in [1.29, 1.82) is 0 Å². The quantitative estimate of drug-likeness (QED) is 0.266. The summed E-state index contributed by atoms with van der Waals surface area (Å²) in [6.45, 7) is 4.52. The van der Waals surface area contributed by atoms with Crippen LogP contribution in [0.4, 0.5) is 19.0 Å². The minimum absolute atomic E-state index is 0. The van der Waals surface area contributed by atoms with E-state index >= 15 is 0 Å². The van der Waals surface area contributed by atoms with E-state index < -0.39 is 12.2 Å². The number of anilines is 1. The Morgan fingerprint density at radius 2 is 1.75 bits per heavy atom. The van der Waals surface area contributed by atoms with Crippen LogP contribution in [0.2, 0.25) is 0 Å². The zero-order valence-electron chi connectivity index (χ0n) is 22.1. The molecule has 0 spiro atoms. The van der Waals surface area contributed by atoms with Crippen LogP contribution >= 0.6 is 0 Å². The number of rotatable bonds is 8. The molecule has 0 aliphatic carbocycles. The van der Waals surface area contributed by atoms with Gasteiger partial charge in [-0.1, -0.05) is 30.3 Å². The largest absolute Gasteiger partial charge is 0.408 e. The van der Waals surface area contributed by atoms with Gasteiger partial charge in [0.25, 0.3) is 5.56 Å². The van der Waals surface area contributed by atoms with Crippen molar-refractivity contribution in [2.75, 3.05) is 5.73 Å². The van der Waals surface area contributed by atoms with Gasteiger partial charge in [0.05, 0.1) is 19.3 Å². The predicted molar refractivity (Wildman–Crippen MR) is 151 cm³/mol. The van der Waals surface area contributed by atoms with Crippen molar-refractivity contribution in [2.45, 2.75) is 45.7 Å². The number of nitrogens with zero attached hydrogens (tertiary/aromatic N) is 4. The molecule has 0 aliphatic heterocycles. The minimum Gasteiger partial charge on any atom is -0.383 e. The number of benzene rings is 2. The lowest BCUT2D eigenvalue weighted by Crippen LogP contribution is -2.34. The molecular formula is C30H31F3N6O. The highest BCUT2D eigenvalue weighted by Crippen LogP contribution is 2.34. The van der Waals surface area contributed by atoms with Gasteiger partial charge in [0.1, 0.15) is 11.9 Å². The number of alkyl halides is 3. The van der Waals surface area contributed by atoms with Crippen LogP contribution < -0.4 is 16.6 Å². The molecule has 1 atom stereocenters. The molecule has 2 aromatic carbocycles. The van der Waals surface area contributed by atoms with Gasteiger partial charge in [-0.2, -0.15) is 18.3 Å². The second kappa shape index (κ2) is 11.0. The van der Waals surface area contributed by atoms with Crippen molar-refractivity contribution in [1.82, 2.24) is 24.6 Å². The maximum atomic E-state index is 14.2. The molecule has 0 aliphatic rings. The van der Waals surface area contributed by atoms with Crippen LogP contribution in [0.3, 0.4) is 0 Å². The molecule has 5 aromatic rings. The van der Waals surface area contributed by atoms with Crippen LogP contribution in [0.25, 0.3) is 10.8 Å². The number of halogens is 3. The summed E-state index contributed by atoms with van der Waals surface area (Å²) in [5, 5.41) is 8.57. The highest BCUT2D eigenvalue weighted by Gasteiger charge is 2.41. The minimum atomic E-state index is -4.52. The van der Waals surface area contributed by atoms with Gasteiger partial charge in [-0.05, 0) is 65.3 Å². The van der Waals surface area contributed by atoms with Gasteiger partial charge >= 0.3 is 6.18 Å². The summed E-state index contributed by atoms with van der Waals surface area (Å²) in [7, 11) is 0. The van der Waals surface area contributed by atoms with E-state index in [4.69, 9.17) is 5.73 Å². The van der Waals surface area contributed by atoms with E-state index in [0.717, 1.165) is 38.6 Å². The number of fused-ring (bicyclic) bond motifs is 1. The fraction of sp³-hybridized carbons (Fsp3) is 0.233. The maximum absolute atomic E-state index is 14.2. The molecule has 0 amide bonds. The Morgan fingerprint density at radius 1 is 1.02 bits per heavy atom. The lowest BCUT2D eigenvalue weighted by molar-refractivity contribution is -0.158. The lowest BCUT2D eigenvalue weighted by atomic mass is 9.95. The second-order valence-corrected chi connectivity index (χ2v) is 9.90. The molecule has 40 heavy (non-hydrogen) atoms. The number of hydrogen-bond acceptors (Lipinski definition) is 5. The average molecular weight is 549 g/mol. The van der Waals surface area contributed by atoms with Gasteiger partial charge in [-0.15, -0.1) is 0 Å². The molecule has 1 unspecified atom stereocenters. The fourth-order valence-corrected chi connectivity index (χ4v) is 4.97. The molecule has 10 heteroatoms. The Labute approximate surface area is 230 Å². The summed E-state index contributed by atoms with van der Waals surface area (Å²) in [6.07, 6.45) is 1.49. The first-order valence-electron chi connectivity index (χ1n) is 12.8. The molecule has 208 valence electrons. The molecule has 3 N–H and O–H groups in total. The van der Waals surface area contributed by atoms with Crippen molar-refractivity contribution in [3.05, 3.63) is 123 Å². The Balaban J connectivity index is 0.00000387. The summed E-state index contributed by atoms with van der Waals surface area (Å²) in [4.78, 5) is 16.1. The van der Waals surface area contributed by atoms with E-state index in [1.807, 2.05) is 50.2 Å². The first-order valence-corrected chi connectivity index (χ1v) is 12.8. The molecule has 5 rings (SSSR count). The Morgan fingerprint density at radius 3 is 2.45 bits per heavy atom. The van der Waals surface area contributed by atoms with Crippen LogP contribution in [0, 0.1) is 13.8 Å². The predicted octanol–water partition coefficient (Wildman–Crippen LogP) is 5.53. The standard InChI is InChI=1S/C30H29F3N6O.H2/c1-19-13-25-24(10-11-35-29(25)34)20(2)26(19)15-36-28(30(31,32)33)23-14-37-39(18-23)17-22-8-6-21(7-9-22)16-38-12-4-3-5-27(38)40;/h3-14,18,28,36H,15-17H2,1-2H3,(H2,34,35);1H. The zero-order valence-corrected chi connectivity index (χ0v) is 22.1. The van der Waals surface area contributed by atoms with Crippen molar-refractivity contribution in [3.8, 4) is 0 Å². The zero-order chi connectivity index (χ0) is 28.4. The smallest absolute Gasteiger partial charge is 0.383 e. The van der Waals surface area contributed by atoms with E-state index in [1.165, 1.54) is 23.1 Å². The van der Waals surface area contributed by atoms with Crippen LogP contribution in [0.5, 0.6) is 0 Å². The highest BCUT2D eigenvalue weighted by molar-refractivity contribution is 5.94. The van der Waals surface area contributed by atoms with Gasteiger partial charge in [0.2, 0.25) is 0 Å². The highest BCUT2D eigenvalue weighted by atomic mass is 19.4. The topological polar surface area (TPSA) is 90.8 Å². The van der Waals surface area contributed by atoms with Crippen LogP contribution in [-0.2, 0) is 19.6 Å². The van der Waals surface area contributed by atoms with Gasteiger partial charge in [-0.25, -0.2) is 4.98 Å². The van der Waals surface area contributed by atoms with Crippen LogP contribution in [-0.4, -0.2) is 25.5 Å². The molecule has 0 bridgehead atoms. The second-order valence-electron chi connectivity index (χ2n) is 9.90. The van der Waals surface area contributed by atoms with Crippen LogP contribution in [0.1, 0.15) is 40.8 Å². The number of nitrogens with two attached hydrogens (primary N) is 1. The molecule has 3 aromatic heterocycles. The first kappa shape index (κ1) is 27.1. The Kier molecular flexibility index (Phi) is 7.44. The van der Waals surface area contributed by atoms with Gasteiger partial charge in [0.15, 0.2) is 0 Å². The van der Waals surface area contributed by atoms with E-state index in [9.17, 15) is 18.0 Å². The van der Waals surface area contributed by atoms with Crippen molar-refractivity contribution in [2.24, 2.45) is 0 Å². The van der Waals surface area contributed by atoms with E-state index in [0.29, 0.717) is 18.9 Å². The molecule has 0 radical (unpaired) electrons. The number of aryl methyl sites for hydroxylation is 2. The summed E-state index contributed by atoms with van der Waals surface area (Å²) >= 11 is 0. The van der Waals surface area contributed by atoms with Crippen molar-refractivity contribution in [3.63, 3.8) is 0 Å². The molecule has 0 fully saturated rings. The molecule has 3 heterocycles. The number of aromatic nitrogens is 4. The number of nitrogens with one attached hydrogen (secondary N) is 1. The summed E-state index contributed by atoms with van der Waals surface area (Å²) in [5.41, 5.74) is 10.3. The molecule has 0 saturated carbocycles. The number of nitrogen functional groups attached to an aromatic ring is 1. The third-order valence-electron chi connectivity index (χ3n) is 7.13. The molecular weight excluding hydrogens is 517 g/mol. The molecule has 0 saturated heterocycles. The van der Waals surface area contributed by atoms with Gasteiger partial charge in [0, 0.05) is 43.6 Å². The first-order chi connectivity index (χ1) is 19.1. The average Bonchev–Trinajstić information content (AvgIpc) is 3.36. The third kappa shape index (κ3) is 5.76. The van der Waals surface area contributed by atoms with Crippen molar-refractivity contribution >= 4 is 16.6 Å². The van der Waals surface area contributed by atoms with E-state index in [-0.39, 0.29) is 19.1 Å². The summed E-state index contributed by atoms with van der Waals surface area (Å²) in [6, 6.07) is 14.4. The Hall–Kier alpha value is -4.44. The van der Waals surface area contributed by atoms with Gasteiger partial charge in [-0.3, -0.25) is 14.8 Å². The normalized spacial score (nSPS) is 12.6. The SMILES string of the molecule is Cc1cc2c(N)nccc2c(C)c1CNC(c1cnn(Cc2ccc(Cn3ccccc3=O)cc2)c1)C(F)(F)F.[HH]. The maximum Gasteiger partial charge on any atom is 0.408 e.